The molecule has 0 atom stereocenters. The second-order valence-corrected chi connectivity index (χ2v) is 5.40. The van der Waals surface area contributed by atoms with Crippen molar-refractivity contribution in [2.75, 3.05) is 29.9 Å². The van der Waals surface area contributed by atoms with Gasteiger partial charge in [0.05, 0.1) is 24.2 Å². The standard InChI is InChI=1S/C10H16N2O3S/c1-4-15-8-5-6-9(11)10(7-8)12(2)16(3,13)14/h5-7H,4,11H2,1-3H3. The molecule has 0 saturated heterocycles. The van der Waals surface area contributed by atoms with Gasteiger partial charge in [-0.3, -0.25) is 4.31 Å². The zero-order chi connectivity index (χ0) is 12.3. The van der Waals surface area contributed by atoms with Crippen LogP contribution in [0.4, 0.5) is 11.4 Å². The van der Waals surface area contributed by atoms with Crippen molar-refractivity contribution in [1.82, 2.24) is 0 Å². The number of benzene rings is 1. The second kappa shape index (κ2) is 4.61. The summed E-state index contributed by atoms with van der Waals surface area (Å²) in [5, 5.41) is 0. The molecule has 1 aromatic rings. The predicted molar refractivity (Wildman–Crippen MR) is 65.3 cm³/mol. The summed E-state index contributed by atoms with van der Waals surface area (Å²) in [5.41, 5.74) is 6.55. The molecule has 0 bridgehead atoms. The fourth-order valence-electron chi connectivity index (χ4n) is 1.23. The molecule has 16 heavy (non-hydrogen) atoms. The van der Waals surface area contributed by atoms with Crippen molar-refractivity contribution in [2.45, 2.75) is 6.92 Å². The van der Waals surface area contributed by atoms with E-state index < -0.39 is 10.0 Å². The first-order chi connectivity index (χ1) is 7.36. The maximum Gasteiger partial charge on any atom is 0.232 e. The van der Waals surface area contributed by atoms with Crippen LogP contribution in [0.2, 0.25) is 0 Å². The Morgan fingerprint density at radius 2 is 2.06 bits per heavy atom. The first-order valence-corrected chi connectivity index (χ1v) is 6.67. The van der Waals surface area contributed by atoms with Crippen LogP contribution < -0.4 is 14.8 Å². The molecule has 2 N–H and O–H groups in total. The van der Waals surface area contributed by atoms with Crippen LogP contribution in [0.5, 0.6) is 5.75 Å². The highest BCUT2D eigenvalue weighted by atomic mass is 32.2. The van der Waals surface area contributed by atoms with E-state index in [1.807, 2.05) is 6.92 Å². The Labute approximate surface area is 95.9 Å². The zero-order valence-electron chi connectivity index (χ0n) is 9.60. The third kappa shape index (κ3) is 2.79. The highest BCUT2D eigenvalue weighted by Gasteiger charge is 2.15. The van der Waals surface area contributed by atoms with Crippen molar-refractivity contribution >= 4 is 21.4 Å². The third-order valence-electron chi connectivity index (χ3n) is 2.15. The number of nitrogens with zero attached hydrogens (tertiary/aromatic N) is 1. The largest absolute Gasteiger partial charge is 0.494 e. The molecule has 6 heteroatoms. The number of hydrogen-bond donors (Lipinski definition) is 1. The summed E-state index contributed by atoms with van der Waals surface area (Å²) in [6, 6.07) is 4.94. The normalized spacial score (nSPS) is 11.2. The molecule has 0 amide bonds. The van der Waals surface area contributed by atoms with Crippen molar-refractivity contribution in [3.05, 3.63) is 18.2 Å². The fourth-order valence-corrected chi connectivity index (χ4v) is 1.75. The molecule has 0 aromatic heterocycles. The Morgan fingerprint density at radius 1 is 1.44 bits per heavy atom. The van der Waals surface area contributed by atoms with E-state index >= 15 is 0 Å². The van der Waals surface area contributed by atoms with Crippen LogP contribution in [0.1, 0.15) is 6.92 Å². The van der Waals surface area contributed by atoms with Gasteiger partial charge in [0.15, 0.2) is 0 Å². The van der Waals surface area contributed by atoms with E-state index in [2.05, 4.69) is 0 Å². The first kappa shape index (κ1) is 12.6. The van der Waals surface area contributed by atoms with Crippen LogP contribution in [-0.4, -0.2) is 28.3 Å². The van der Waals surface area contributed by atoms with E-state index in [0.29, 0.717) is 23.7 Å². The fraction of sp³-hybridized carbons (Fsp3) is 0.400. The predicted octanol–water partition coefficient (Wildman–Crippen LogP) is 1.06. The molecule has 0 unspecified atom stereocenters. The average Bonchev–Trinajstić information content (AvgIpc) is 2.19. The first-order valence-electron chi connectivity index (χ1n) is 4.82. The molecule has 0 saturated carbocycles. The Hall–Kier alpha value is -1.43. The van der Waals surface area contributed by atoms with Crippen LogP contribution in [0.25, 0.3) is 0 Å². The molecule has 0 heterocycles. The molecule has 0 spiro atoms. The van der Waals surface area contributed by atoms with Gasteiger partial charge in [-0.15, -0.1) is 0 Å². The van der Waals surface area contributed by atoms with Crippen LogP contribution in [0.3, 0.4) is 0 Å². The number of ether oxygens (including phenoxy) is 1. The lowest BCUT2D eigenvalue weighted by atomic mass is 10.2. The summed E-state index contributed by atoms with van der Waals surface area (Å²) >= 11 is 0. The lowest BCUT2D eigenvalue weighted by molar-refractivity contribution is 0.340. The maximum atomic E-state index is 11.4. The van der Waals surface area contributed by atoms with Gasteiger partial charge >= 0.3 is 0 Å². The molecule has 5 nitrogen and oxygen atoms in total. The third-order valence-corrected chi connectivity index (χ3v) is 3.34. The van der Waals surface area contributed by atoms with Gasteiger partial charge in [0.2, 0.25) is 10.0 Å². The summed E-state index contributed by atoms with van der Waals surface area (Å²) < 4.78 is 29.2. The van der Waals surface area contributed by atoms with E-state index in [4.69, 9.17) is 10.5 Å². The van der Waals surface area contributed by atoms with Gasteiger partial charge in [-0.1, -0.05) is 0 Å². The Balaban J connectivity index is 3.17. The van der Waals surface area contributed by atoms with Gasteiger partial charge in [-0.2, -0.15) is 0 Å². The van der Waals surface area contributed by atoms with E-state index in [1.54, 1.807) is 18.2 Å². The molecule has 1 rings (SSSR count). The minimum Gasteiger partial charge on any atom is -0.494 e. The summed E-state index contributed by atoms with van der Waals surface area (Å²) in [6.07, 6.45) is 1.12. The van der Waals surface area contributed by atoms with Gasteiger partial charge in [-0.05, 0) is 19.1 Å². The van der Waals surface area contributed by atoms with Crippen LogP contribution in [0, 0.1) is 0 Å². The Morgan fingerprint density at radius 3 is 2.56 bits per heavy atom. The smallest absolute Gasteiger partial charge is 0.232 e. The minimum absolute atomic E-state index is 0.399. The molecule has 90 valence electrons. The van der Waals surface area contributed by atoms with Gasteiger partial charge in [-0.25, -0.2) is 8.42 Å². The van der Waals surface area contributed by atoms with E-state index in [-0.39, 0.29) is 0 Å². The molecule has 0 radical (unpaired) electrons. The highest BCUT2D eigenvalue weighted by Crippen LogP contribution is 2.28. The number of anilines is 2. The van der Waals surface area contributed by atoms with Gasteiger partial charge < -0.3 is 10.5 Å². The van der Waals surface area contributed by atoms with Crippen molar-refractivity contribution in [3.63, 3.8) is 0 Å². The number of nitrogens with two attached hydrogens (primary N) is 1. The van der Waals surface area contributed by atoms with Crippen molar-refractivity contribution < 1.29 is 13.2 Å². The Bertz CT molecular complexity index is 471. The van der Waals surface area contributed by atoms with E-state index in [1.165, 1.54) is 7.05 Å². The van der Waals surface area contributed by atoms with Crippen molar-refractivity contribution in [3.8, 4) is 5.75 Å². The lowest BCUT2D eigenvalue weighted by Crippen LogP contribution is -2.25. The SMILES string of the molecule is CCOc1ccc(N)c(N(C)S(C)(=O)=O)c1. The minimum atomic E-state index is -3.31. The summed E-state index contributed by atoms with van der Waals surface area (Å²) in [5.74, 6) is 0.599. The van der Waals surface area contributed by atoms with Crippen LogP contribution in [0.15, 0.2) is 18.2 Å². The molecule has 0 aliphatic carbocycles. The molecular formula is C10H16N2O3S. The lowest BCUT2D eigenvalue weighted by Gasteiger charge is -2.19. The second-order valence-electron chi connectivity index (χ2n) is 3.38. The molecular weight excluding hydrogens is 228 g/mol. The number of rotatable bonds is 4. The van der Waals surface area contributed by atoms with Gasteiger partial charge in [0.1, 0.15) is 5.75 Å². The topological polar surface area (TPSA) is 72.6 Å². The zero-order valence-corrected chi connectivity index (χ0v) is 10.4. The molecule has 1 aromatic carbocycles. The highest BCUT2D eigenvalue weighted by molar-refractivity contribution is 7.92. The van der Waals surface area contributed by atoms with Crippen LogP contribution in [-0.2, 0) is 10.0 Å². The molecule has 0 aliphatic rings. The maximum absolute atomic E-state index is 11.4. The van der Waals surface area contributed by atoms with E-state index in [0.717, 1.165) is 10.6 Å². The summed E-state index contributed by atoms with van der Waals surface area (Å²) in [4.78, 5) is 0. The summed E-state index contributed by atoms with van der Waals surface area (Å²) in [6.45, 7) is 2.38. The van der Waals surface area contributed by atoms with Crippen molar-refractivity contribution in [2.24, 2.45) is 0 Å². The molecule has 0 fully saturated rings. The summed E-state index contributed by atoms with van der Waals surface area (Å²) in [7, 11) is -1.86. The van der Waals surface area contributed by atoms with Crippen LogP contribution >= 0.6 is 0 Å². The number of sulfonamides is 1. The average molecular weight is 244 g/mol. The van der Waals surface area contributed by atoms with Gasteiger partial charge in [0.25, 0.3) is 0 Å². The quantitative estimate of drug-likeness (QED) is 0.804. The van der Waals surface area contributed by atoms with E-state index in [9.17, 15) is 8.42 Å². The van der Waals surface area contributed by atoms with Gasteiger partial charge in [0, 0.05) is 13.1 Å². The monoisotopic (exact) mass is 244 g/mol. The number of nitrogen functional groups attached to an aromatic ring is 1. The number of hydrogen-bond acceptors (Lipinski definition) is 4. The van der Waals surface area contributed by atoms with Crippen molar-refractivity contribution in [1.29, 1.82) is 0 Å². The Kier molecular flexibility index (Phi) is 3.64. The molecule has 0 aliphatic heterocycles.